The van der Waals surface area contributed by atoms with Gasteiger partial charge in [-0.05, 0) is 31.0 Å². The Bertz CT molecular complexity index is 396. The maximum absolute atomic E-state index is 6.23. The molecule has 0 amide bonds. The lowest BCUT2D eigenvalue weighted by molar-refractivity contribution is 0.134. The fourth-order valence-electron chi connectivity index (χ4n) is 2.48. The quantitative estimate of drug-likeness (QED) is 0.852. The fourth-order valence-corrected chi connectivity index (χ4v) is 3.53. The highest BCUT2D eigenvalue weighted by atomic mass is 32.2. The summed E-state index contributed by atoms with van der Waals surface area (Å²) in [7, 11) is 0. The van der Waals surface area contributed by atoms with Gasteiger partial charge in [0.2, 0.25) is 0 Å². The number of hydrogen-bond donors (Lipinski definition) is 1. The zero-order valence-electron chi connectivity index (χ0n) is 12.2. The van der Waals surface area contributed by atoms with Crippen molar-refractivity contribution < 1.29 is 4.74 Å². The molecule has 0 aliphatic carbocycles. The predicted octanol–water partition coefficient (Wildman–Crippen LogP) is 3.95. The number of ether oxygens (including phenoxy) is 1. The molecule has 0 saturated carbocycles. The second-order valence-corrected chi connectivity index (χ2v) is 6.34. The molecule has 106 valence electrons. The average Bonchev–Trinajstić information content (AvgIpc) is 2.47. The number of fused-ring (bicyclic) bond motifs is 1. The molecule has 0 fully saturated rings. The summed E-state index contributed by atoms with van der Waals surface area (Å²) in [5.41, 5.74) is 0. The Morgan fingerprint density at radius 2 is 2.16 bits per heavy atom. The van der Waals surface area contributed by atoms with Crippen LogP contribution in [0.3, 0.4) is 0 Å². The Morgan fingerprint density at radius 3 is 2.89 bits per heavy atom. The van der Waals surface area contributed by atoms with E-state index in [9.17, 15) is 0 Å². The highest BCUT2D eigenvalue weighted by Crippen LogP contribution is 2.36. The van der Waals surface area contributed by atoms with Gasteiger partial charge in [-0.15, -0.1) is 11.8 Å². The SMILES string of the molecule is CCCNC(C(C)CC)C1CSc2ccccc2O1. The van der Waals surface area contributed by atoms with Crippen molar-refractivity contribution in [2.45, 2.75) is 50.7 Å². The van der Waals surface area contributed by atoms with Crippen LogP contribution in [0.25, 0.3) is 0 Å². The van der Waals surface area contributed by atoms with Gasteiger partial charge in [0, 0.05) is 16.7 Å². The van der Waals surface area contributed by atoms with Crippen LogP contribution < -0.4 is 10.1 Å². The van der Waals surface area contributed by atoms with Crippen LogP contribution in [0.4, 0.5) is 0 Å². The Balaban J connectivity index is 2.07. The lowest BCUT2D eigenvalue weighted by Crippen LogP contribution is -2.49. The standard InChI is InChI=1S/C16H25NOS/c1-4-10-17-16(12(3)5-2)14-11-19-15-9-7-6-8-13(15)18-14/h6-9,12,14,16-17H,4-5,10-11H2,1-3H3. The topological polar surface area (TPSA) is 21.3 Å². The molecular weight excluding hydrogens is 254 g/mol. The van der Waals surface area contributed by atoms with E-state index in [1.807, 2.05) is 11.8 Å². The average molecular weight is 279 g/mol. The molecule has 0 radical (unpaired) electrons. The Labute approximate surface area is 121 Å². The van der Waals surface area contributed by atoms with Gasteiger partial charge < -0.3 is 10.1 Å². The minimum Gasteiger partial charge on any atom is -0.487 e. The maximum Gasteiger partial charge on any atom is 0.133 e. The largest absolute Gasteiger partial charge is 0.487 e. The fraction of sp³-hybridized carbons (Fsp3) is 0.625. The van der Waals surface area contributed by atoms with Crippen LogP contribution in [0.2, 0.25) is 0 Å². The first-order valence-corrected chi connectivity index (χ1v) is 8.36. The third-order valence-electron chi connectivity index (χ3n) is 3.82. The minimum atomic E-state index is 0.279. The zero-order valence-corrected chi connectivity index (χ0v) is 13.0. The second kappa shape index (κ2) is 7.20. The molecule has 1 aliphatic heterocycles. The van der Waals surface area contributed by atoms with Gasteiger partial charge in [0.25, 0.3) is 0 Å². The summed E-state index contributed by atoms with van der Waals surface area (Å²) in [6.07, 6.45) is 2.64. The first-order chi connectivity index (χ1) is 9.26. The molecule has 2 rings (SSSR count). The summed E-state index contributed by atoms with van der Waals surface area (Å²) in [6.45, 7) is 7.87. The molecule has 1 aliphatic rings. The second-order valence-electron chi connectivity index (χ2n) is 5.28. The number of nitrogens with one attached hydrogen (secondary N) is 1. The van der Waals surface area contributed by atoms with Gasteiger partial charge in [-0.1, -0.05) is 39.3 Å². The summed E-state index contributed by atoms with van der Waals surface area (Å²) >= 11 is 1.92. The molecule has 0 spiro atoms. The van der Waals surface area contributed by atoms with Gasteiger partial charge in [-0.25, -0.2) is 0 Å². The van der Waals surface area contributed by atoms with Crippen LogP contribution in [0, 0.1) is 5.92 Å². The van der Waals surface area contributed by atoms with Crippen molar-refractivity contribution >= 4 is 11.8 Å². The zero-order chi connectivity index (χ0) is 13.7. The summed E-state index contributed by atoms with van der Waals surface area (Å²) in [5.74, 6) is 2.74. The Hall–Kier alpha value is -0.670. The molecule has 1 aromatic carbocycles. The molecule has 2 nitrogen and oxygen atoms in total. The van der Waals surface area contributed by atoms with Gasteiger partial charge in [-0.3, -0.25) is 0 Å². The van der Waals surface area contributed by atoms with E-state index in [1.165, 1.54) is 17.7 Å². The van der Waals surface area contributed by atoms with Crippen molar-refractivity contribution in [1.29, 1.82) is 0 Å². The van der Waals surface area contributed by atoms with E-state index < -0.39 is 0 Å². The van der Waals surface area contributed by atoms with Crippen LogP contribution in [-0.4, -0.2) is 24.4 Å². The number of rotatable bonds is 6. The van der Waals surface area contributed by atoms with Crippen LogP contribution in [0.5, 0.6) is 5.75 Å². The van der Waals surface area contributed by atoms with E-state index in [0.717, 1.165) is 18.0 Å². The van der Waals surface area contributed by atoms with E-state index in [2.05, 4.69) is 50.4 Å². The van der Waals surface area contributed by atoms with E-state index in [0.29, 0.717) is 12.0 Å². The third-order valence-corrected chi connectivity index (χ3v) is 4.96. The van der Waals surface area contributed by atoms with Crippen molar-refractivity contribution in [1.82, 2.24) is 5.32 Å². The monoisotopic (exact) mass is 279 g/mol. The summed E-state index contributed by atoms with van der Waals surface area (Å²) in [5, 5.41) is 3.68. The maximum atomic E-state index is 6.23. The molecule has 19 heavy (non-hydrogen) atoms. The molecular formula is C16H25NOS. The highest BCUT2D eigenvalue weighted by molar-refractivity contribution is 7.99. The van der Waals surface area contributed by atoms with Crippen LogP contribution >= 0.6 is 11.8 Å². The number of benzene rings is 1. The molecule has 1 N–H and O–H groups in total. The summed E-state index contributed by atoms with van der Waals surface area (Å²) < 4.78 is 6.23. The lowest BCUT2D eigenvalue weighted by atomic mass is 9.94. The van der Waals surface area contributed by atoms with Crippen molar-refractivity contribution in [2.24, 2.45) is 5.92 Å². The van der Waals surface area contributed by atoms with Gasteiger partial charge in [0.1, 0.15) is 11.9 Å². The number of para-hydroxylation sites is 1. The van der Waals surface area contributed by atoms with Crippen LogP contribution in [0.15, 0.2) is 29.2 Å². The van der Waals surface area contributed by atoms with Gasteiger partial charge in [-0.2, -0.15) is 0 Å². The smallest absolute Gasteiger partial charge is 0.133 e. The molecule has 1 heterocycles. The van der Waals surface area contributed by atoms with E-state index in [1.54, 1.807) is 0 Å². The van der Waals surface area contributed by atoms with E-state index >= 15 is 0 Å². The predicted molar refractivity (Wildman–Crippen MR) is 83.1 cm³/mol. The van der Waals surface area contributed by atoms with Crippen molar-refractivity contribution in [3.63, 3.8) is 0 Å². The van der Waals surface area contributed by atoms with E-state index in [4.69, 9.17) is 4.74 Å². The molecule has 0 bridgehead atoms. The molecule has 3 atom stereocenters. The normalized spacial score (nSPS) is 21.3. The lowest BCUT2D eigenvalue weighted by Gasteiger charge is -2.35. The molecule has 0 saturated heterocycles. The first kappa shape index (κ1) is 14.7. The van der Waals surface area contributed by atoms with Crippen molar-refractivity contribution in [2.75, 3.05) is 12.3 Å². The molecule has 3 unspecified atom stereocenters. The van der Waals surface area contributed by atoms with Crippen LogP contribution in [-0.2, 0) is 0 Å². The Morgan fingerprint density at radius 1 is 1.37 bits per heavy atom. The van der Waals surface area contributed by atoms with E-state index in [-0.39, 0.29) is 6.10 Å². The van der Waals surface area contributed by atoms with Gasteiger partial charge >= 0.3 is 0 Å². The summed E-state index contributed by atoms with van der Waals surface area (Å²) in [6, 6.07) is 8.82. The minimum absolute atomic E-state index is 0.279. The highest BCUT2D eigenvalue weighted by Gasteiger charge is 2.30. The first-order valence-electron chi connectivity index (χ1n) is 7.38. The number of hydrogen-bond acceptors (Lipinski definition) is 3. The van der Waals surface area contributed by atoms with Crippen molar-refractivity contribution in [3.05, 3.63) is 24.3 Å². The number of thioether (sulfide) groups is 1. The molecule has 3 heteroatoms. The third kappa shape index (κ3) is 3.67. The van der Waals surface area contributed by atoms with Gasteiger partial charge in [0.15, 0.2) is 0 Å². The van der Waals surface area contributed by atoms with Gasteiger partial charge in [0.05, 0.1) is 0 Å². The summed E-state index contributed by atoms with van der Waals surface area (Å²) in [4.78, 5) is 1.28. The van der Waals surface area contributed by atoms with Crippen molar-refractivity contribution in [3.8, 4) is 5.75 Å². The molecule has 1 aromatic rings. The molecule has 0 aromatic heterocycles. The van der Waals surface area contributed by atoms with Crippen LogP contribution in [0.1, 0.15) is 33.6 Å². The Kier molecular flexibility index (Phi) is 5.59.